The van der Waals surface area contributed by atoms with Crippen molar-refractivity contribution in [3.8, 4) is 0 Å². The first-order valence-electron chi connectivity index (χ1n) is 6.47. The second-order valence-electron chi connectivity index (χ2n) is 4.26. The summed E-state index contributed by atoms with van der Waals surface area (Å²) in [7, 11) is 0. The lowest BCUT2D eigenvalue weighted by molar-refractivity contribution is 0.481. The lowest BCUT2D eigenvalue weighted by atomic mass is 10.1. The topological polar surface area (TPSA) is 24.9 Å². The summed E-state index contributed by atoms with van der Waals surface area (Å²) in [6, 6.07) is 4.94. The first-order chi connectivity index (χ1) is 7.80. The molecule has 1 atom stereocenters. The molecule has 90 valence electrons. The fourth-order valence-electron chi connectivity index (χ4n) is 1.95. The van der Waals surface area contributed by atoms with E-state index in [1.165, 1.54) is 24.1 Å². The number of nitrogens with zero attached hydrogens (tertiary/aromatic N) is 1. The number of rotatable bonds is 7. The van der Waals surface area contributed by atoms with Crippen molar-refractivity contribution >= 4 is 0 Å². The molecule has 0 aliphatic rings. The number of aryl methyl sites for hydroxylation is 1. The van der Waals surface area contributed by atoms with Gasteiger partial charge < -0.3 is 5.32 Å². The minimum Gasteiger partial charge on any atom is -0.314 e. The van der Waals surface area contributed by atoms with Gasteiger partial charge in [0.25, 0.3) is 0 Å². The van der Waals surface area contributed by atoms with Crippen molar-refractivity contribution in [3.05, 3.63) is 29.6 Å². The van der Waals surface area contributed by atoms with Crippen molar-refractivity contribution in [3.63, 3.8) is 0 Å². The van der Waals surface area contributed by atoms with E-state index in [0.29, 0.717) is 6.04 Å². The molecule has 0 fully saturated rings. The largest absolute Gasteiger partial charge is 0.314 e. The molecule has 2 nitrogen and oxygen atoms in total. The standard InChI is InChI=1S/C14H24N2/c1-4-7-13(15-6-3)10-14-9-8-12(5-2)11-16-14/h8-9,11,13,15H,4-7,10H2,1-3H3. The van der Waals surface area contributed by atoms with Gasteiger partial charge in [-0.1, -0.05) is 33.3 Å². The Labute approximate surface area is 99.5 Å². The summed E-state index contributed by atoms with van der Waals surface area (Å²) in [4.78, 5) is 4.51. The van der Waals surface area contributed by atoms with Gasteiger partial charge in [0.1, 0.15) is 0 Å². The highest BCUT2D eigenvalue weighted by atomic mass is 14.9. The van der Waals surface area contributed by atoms with Gasteiger partial charge in [-0.05, 0) is 31.0 Å². The minimum absolute atomic E-state index is 0.579. The van der Waals surface area contributed by atoms with Crippen LogP contribution in [0.1, 0.15) is 44.9 Å². The Morgan fingerprint density at radius 3 is 2.56 bits per heavy atom. The van der Waals surface area contributed by atoms with E-state index in [2.05, 4.69) is 43.2 Å². The summed E-state index contributed by atoms with van der Waals surface area (Å²) in [6.45, 7) is 7.60. The molecule has 1 heterocycles. The molecule has 0 spiro atoms. The predicted molar refractivity (Wildman–Crippen MR) is 69.7 cm³/mol. The molecule has 1 aromatic heterocycles. The Morgan fingerprint density at radius 2 is 2.06 bits per heavy atom. The van der Waals surface area contributed by atoms with Gasteiger partial charge in [0.15, 0.2) is 0 Å². The molecule has 1 unspecified atom stereocenters. The second-order valence-corrected chi connectivity index (χ2v) is 4.26. The maximum atomic E-state index is 4.51. The van der Waals surface area contributed by atoms with Gasteiger partial charge in [0.2, 0.25) is 0 Å². The average Bonchev–Trinajstić information content (AvgIpc) is 2.31. The van der Waals surface area contributed by atoms with Crippen molar-refractivity contribution < 1.29 is 0 Å². The Kier molecular flexibility index (Phi) is 6.09. The van der Waals surface area contributed by atoms with E-state index in [1.54, 1.807) is 0 Å². The van der Waals surface area contributed by atoms with Crippen LogP contribution in [0.25, 0.3) is 0 Å². The van der Waals surface area contributed by atoms with Gasteiger partial charge in [0, 0.05) is 24.4 Å². The predicted octanol–water partition coefficient (Wildman–Crippen LogP) is 2.96. The van der Waals surface area contributed by atoms with Crippen LogP contribution in [-0.2, 0) is 12.8 Å². The van der Waals surface area contributed by atoms with Crippen molar-refractivity contribution in [2.45, 2.75) is 52.5 Å². The van der Waals surface area contributed by atoms with Gasteiger partial charge in [-0.3, -0.25) is 4.98 Å². The van der Waals surface area contributed by atoms with Crippen LogP contribution in [0.2, 0.25) is 0 Å². The molecule has 16 heavy (non-hydrogen) atoms. The van der Waals surface area contributed by atoms with Gasteiger partial charge in [-0.2, -0.15) is 0 Å². The van der Waals surface area contributed by atoms with Crippen molar-refractivity contribution in [1.82, 2.24) is 10.3 Å². The molecule has 0 saturated carbocycles. The maximum absolute atomic E-state index is 4.51. The Hall–Kier alpha value is -0.890. The van der Waals surface area contributed by atoms with Crippen LogP contribution in [0.4, 0.5) is 0 Å². The monoisotopic (exact) mass is 220 g/mol. The van der Waals surface area contributed by atoms with E-state index in [1.807, 2.05) is 6.20 Å². The number of aromatic nitrogens is 1. The zero-order chi connectivity index (χ0) is 11.8. The van der Waals surface area contributed by atoms with E-state index in [0.717, 1.165) is 19.4 Å². The summed E-state index contributed by atoms with van der Waals surface area (Å²) in [5.74, 6) is 0. The number of hydrogen-bond donors (Lipinski definition) is 1. The highest BCUT2D eigenvalue weighted by Gasteiger charge is 2.07. The number of hydrogen-bond acceptors (Lipinski definition) is 2. The summed E-state index contributed by atoms with van der Waals surface area (Å²) < 4.78 is 0. The first kappa shape index (κ1) is 13.2. The Bertz CT molecular complexity index is 273. The van der Waals surface area contributed by atoms with Crippen LogP contribution in [-0.4, -0.2) is 17.6 Å². The summed E-state index contributed by atoms with van der Waals surface area (Å²) in [5, 5.41) is 3.52. The van der Waals surface area contributed by atoms with E-state index >= 15 is 0 Å². The van der Waals surface area contributed by atoms with Crippen molar-refractivity contribution in [2.75, 3.05) is 6.54 Å². The van der Waals surface area contributed by atoms with Gasteiger partial charge in [0.05, 0.1) is 0 Å². The van der Waals surface area contributed by atoms with Gasteiger partial charge >= 0.3 is 0 Å². The molecule has 2 heteroatoms. The quantitative estimate of drug-likeness (QED) is 0.764. The van der Waals surface area contributed by atoms with Gasteiger partial charge in [-0.15, -0.1) is 0 Å². The highest BCUT2D eigenvalue weighted by molar-refractivity contribution is 5.14. The lowest BCUT2D eigenvalue weighted by Crippen LogP contribution is -2.31. The molecular formula is C14H24N2. The molecule has 0 saturated heterocycles. The van der Waals surface area contributed by atoms with E-state index in [-0.39, 0.29) is 0 Å². The zero-order valence-corrected chi connectivity index (χ0v) is 10.8. The molecule has 0 aliphatic heterocycles. The van der Waals surface area contributed by atoms with E-state index in [9.17, 15) is 0 Å². The Balaban J connectivity index is 2.54. The third-order valence-corrected chi connectivity index (χ3v) is 2.88. The molecule has 1 rings (SSSR count). The van der Waals surface area contributed by atoms with Crippen LogP contribution in [0.3, 0.4) is 0 Å². The fourth-order valence-corrected chi connectivity index (χ4v) is 1.95. The van der Waals surface area contributed by atoms with Crippen LogP contribution in [0, 0.1) is 0 Å². The zero-order valence-electron chi connectivity index (χ0n) is 10.8. The van der Waals surface area contributed by atoms with Crippen molar-refractivity contribution in [2.24, 2.45) is 0 Å². The highest BCUT2D eigenvalue weighted by Crippen LogP contribution is 2.07. The maximum Gasteiger partial charge on any atom is 0.0419 e. The smallest absolute Gasteiger partial charge is 0.0419 e. The van der Waals surface area contributed by atoms with Crippen LogP contribution in [0.5, 0.6) is 0 Å². The number of likely N-dealkylation sites (N-methyl/N-ethyl adjacent to an activating group) is 1. The molecule has 1 N–H and O–H groups in total. The Morgan fingerprint density at radius 1 is 1.25 bits per heavy atom. The fraction of sp³-hybridized carbons (Fsp3) is 0.643. The van der Waals surface area contributed by atoms with E-state index in [4.69, 9.17) is 0 Å². The lowest BCUT2D eigenvalue weighted by Gasteiger charge is -2.16. The minimum atomic E-state index is 0.579. The second kappa shape index (κ2) is 7.39. The summed E-state index contributed by atoms with van der Waals surface area (Å²) >= 11 is 0. The van der Waals surface area contributed by atoms with Crippen LogP contribution >= 0.6 is 0 Å². The normalized spacial score (nSPS) is 12.7. The average molecular weight is 220 g/mol. The molecule has 0 bridgehead atoms. The summed E-state index contributed by atoms with van der Waals surface area (Å²) in [5.41, 5.74) is 2.52. The molecule has 0 aromatic carbocycles. The molecule has 0 amide bonds. The molecule has 1 aromatic rings. The number of nitrogens with one attached hydrogen (secondary N) is 1. The van der Waals surface area contributed by atoms with E-state index < -0.39 is 0 Å². The first-order valence-corrected chi connectivity index (χ1v) is 6.47. The van der Waals surface area contributed by atoms with Crippen LogP contribution in [0.15, 0.2) is 18.3 Å². The SMILES string of the molecule is CCCC(Cc1ccc(CC)cn1)NCC. The van der Waals surface area contributed by atoms with Gasteiger partial charge in [-0.25, -0.2) is 0 Å². The third-order valence-electron chi connectivity index (χ3n) is 2.88. The summed E-state index contributed by atoms with van der Waals surface area (Å²) in [6.07, 6.45) is 6.57. The van der Waals surface area contributed by atoms with Crippen LogP contribution < -0.4 is 5.32 Å². The molecule has 0 aliphatic carbocycles. The third kappa shape index (κ3) is 4.31. The number of pyridine rings is 1. The van der Waals surface area contributed by atoms with Crippen molar-refractivity contribution in [1.29, 1.82) is 0 Å². The molecule has 0 radical (unpaired) electrons. The molecular weight excluding hydrogens is 196 g/mol.